The first kappa shape index (κ1) is 14.4. The molecule has 0 aromatic heterocycles. The van der Waals surface area contributed by atoms with Crippen LogP contribution in [0.4, 0.5) is 8.78 Å². The van der Waals surface area contributed by atoms with Crippen LogP contribution < -0.4 is 4.84 Å². The summed E-state index contributed by atoms with van der Waals surface area (Å²) in [5.41, 5.74) is 0.452. The van der Waals surface area contributed by atoms with Crippen molar-refractivity contribution in [3.05, 3.63) is 35.4 Å². The minimum atomic E-state index is -4.14. The lowest BCUT2D eigenvalue weighted by molar-refractivity contribution is -0.160. The molecule has 0 aliphatic rings. The monoisotopic (exact) mass is 277 g/mol. The summed E-state index contributed by atoms with van der Waals surface area (Å²) >= 11 is 4.83. The molecule has 0 fully saturated rings. The van der Waals surface area contributed by atoms with Gasteiger partial charge in [0.15, 0.2) is 5.92 Å². The van der Waals surface area contributed by atoms with E-state index in [9.17, 15) is 18.4 Å². The summed E-state index contributed by atoms with van der Waals surface area (Å²) in [5.74, 6) is -10.1. The zero-order valence-electron chi connectivity index (χ0n) is 9.28. The van der Waals surface area contributed by atoms with Gasteiger partial charge in [0.1, 0.15) is 0 Å². The number of carboxylic acid groups (broad SMARTS) is 1. The maximum Gasteiger partial charge on any atom is 0.342 e. The van der Waals surface area contributed by atoms with Crippen molar-refractivity contribution in [2.45, 2.75) is 18.8 Å². The van der Waals surface area contributed by atoms with Crippen LogP contribution in [0.2, 0.25) is 0 Å². The third-order valence-electron chi connectivity index (χ3n) is 2.37. The van der Waals surface area contributed by atoms with Crippen LogP contribution in [0.15, 0.2) is 24.3 Å². The van der Waals surface area contributed by atoms with Gasteiger partial charge in [-0.2, -0.15) is 8.78 Å². The standard InChI is InChI=1S/C11H10ClF2NO3/c1-6-3-2-4-7(5-6)8(9(16)17)11(13,14)10(18)15-12/h2-5,8H,1H3,(H,15,18)(H,16,17). The SMILES string of the molecule is Cc1cccc(C(C(=O)O)C(F)(F)C(=O)NCl)c1. The fourth-order valence-corrected chi connectivity index (χ4v) is 1.68. The van der Waals surface area contributed by atoms with Gasteiger partial charge in [-0.3, -0.25) is 14.4 Å². The van der Waals surface area contributed by atoms with Crippen LogP contribution in [0, 0.1) is 6.92 Å². The zero-order chi connectivity index (χ0) is 13.9. The average molecular weight is 278 g/mol. The van der Waals surface area contributed by atoms with Gasteiger partial charge in [-0.1, -0.05) is 29.8 Å². The number of aryl methyl sites for hydroxylation is 1. The number of nitrogens with one attached hydrogen (secondary N) is 1. The van der Waals surface area contributed by atoms with Crippen molar-refractivity contribution in [1.82, 2.24) is 4.84 Å². The molecule has 4 nitrogen and oxygen atoms in total. The van der Waals surface area contributed by atoms with E-state index < -0.39 is 23.7 Å². The topological polar surface area (TPSA) is 66.4 Å². The Morgan fingerprint density at radius 2 is 2.06 bits per heavy atom. The number of aliphatic carboxylic acids is 1. The summed E-state index contributed by atoms with van der Waals surface area (Å²) in [6, 6.07) is 5.58. The molecule has 0 saturated heterocycles. The summed E-state index contributed by atoms with van der Waals surface area (Å²) in [6.07, 6.45) is 0. The molecule has 0 aliphatic heterocycles. The summed E-state index contributed by atoms with van der Waals surface area (Å²) in [6.45, 7) is 1.63. The van der Waals surface area contributed by atoms with Crippen LogP contribution in [-0.4, -0.2) is 22.9 Å². The number of hydrogen-bond donors (Lipinski definition) is 2. The van der Waals surface area contributed by atoms with Crippen LogP contribution in [0.25, 0.3) is 0 Å². The highest BCUT2D eigenvalue weighted by molar-refractivity contribution is 6.22. The highest BCUT2D eigenvalue weighted by atomic mass is 35.5. The molecule has 1 aromatic carbocycles. The highest BCUT2D eigenvalue weighted by Gasteiger charge is 2.52. The Labute approximate surface area is 107 Å². The second-order valence-electron chi connectivity index (χ2n) is 3.73. The van der Waals surface area contributed by atoms with Gasteiger partial charge in [0.25, 0.3) is 0 Å². The molecule has 1 unspecified atom stereocenters. The second-order valence-corrected chi connectivity index (χ2v) is 3.92. The molecule has 18 heavy (non-hydrogen) atoms. The fourth-order valence-electron chi connectivity index (χ4n) is 1.55. The van der Waals surface area contributed by atoms with Crippen molar-refractivity contribution >= 4 is 23.7 Å². The van der Waals surface area contributed by atoms with Crippen LogP contribution in [0.1, 0.15) is 17.0 Å². The van der Waals surface area contributed by atoms with Gasteiger partial charge in [-0.15, -0.1) is 0 Å². The number of rotatable bonds is 4. The largest absolute Gasteiger partial charge is 0.481 e. The molecule has 1 amide bonds. The first-order valence-electron chi connectivity index (χ1n) is 4.89. The van der Waals surface area contributed by atoms with Crippen LogP contribution >= 0.6 is 11.8 Å². The number of amides is 1. The van der Waals surface area contributed by atoms with Crippen molar-refractivity contribution in [3.63, 3.8) is 0 Å². The lowest BCUT2D eigenvalue weighted by Gasteiger charge is -2.21. The maximum absolute atomic E-state index is 13.7. The Bertz CT molecular complexity index is 479. The molecule has 0 saturated carbocycles. The number of benzene rings is 1. The van der Waals surface area contributed by atoms with Gasteiger partial charge >= 0.3 is 17.8 Å². The summed E-state index contributed by atoms with van der Waals surface area (Å²) < 4.78 is 27.3. The lowest BCUT2D eigenvalue weighted by Crippen LogP contribution is -2.44. The van der Waals surface area contributed by atoms with E-state index >= 15 is 0 Å². The Kier molecular flexibility index (Phi) is 4.24. The smallest absolute Gasteiger partial charge is 0.342 e. The van der Waals surface area contributed by atoms with E-state index in [2.05, 4.69) is 0 Å². The Morgan fingerprint density at radius 1 is 1.44 bits per heavy atom. The van der Waals surface area contributed by atoms with Crippen molar-refractivity contribution in [1.29, 1.82) is 0 Å². The van der Waals surface area contributed by atoms with E-state index in [1.54, 1.807) is 13.0 Å². The van der Waals surface area contributed by atoms with E-state index in [0.717, 1.165) is 0 Å². The third-order valence-corrected chi connectivity index (χ3v) is 2.55. The van der Waals surface area contributed by atoms with Crippen molar-refractivity contribution < 1.29 is 23.5 Å². The van der Waals surface area contributed by atoms with Crippen molar-refractivity contribution in [2.75, 3.05) is 0 Å². The molecule has 0 heterocycles. The lowest BCUT2D eigenvalue weighted by atomic mass is 9.91. The molecule has 2 N–H and O–H groups in total. The molecule has 98 valence electrons. The van der Waals surface area contributed by atoms with Crippen molar-refractivity contribution in [3.8, 4) is 0 Å². The van der Waals surface area contributed by atoms with Gasteiger partial charge in [-0.05, 0) is 12.5 Å². The van der Waals surface area contributed by atoms with Gasteiger partial charge in [0, 0.05) is 11.8 Å². The number of carboxylic acids is 1. The predicted octanol–water partition coefficient (Wildman–Crippen LogP) is 2.07. The van der Waals surface area contributed by atoms with Gasteiger partial charge in [0.05, 0.1) is 0 Å². The van der Waals surface area contributed by atoms with Crippen molar-refractivity contribution in [2.24, 2.45) is 0 Å². The van der Waals surface area contributed by atoms with Crippen LogP contribution in [-0.2, 0) is 9.59 Å². The molecule has 7 heteroatoms. The predicted molar refractivity (Wildman–Crippen MR) is 60.5 cm³/mol. The number of carbonyl (C=O) groups is 2. The molecule has 0 radical (unpaired) electrons. The molecule has 0 spiro atoms. The van der Waals surface area contributed by atoms with Gasteiger partial charge in [-0.25, -0.2) is 0 Å². The number of hydrogen-bond acceptors (Lipinski definition) is 2. The molecule has 0 bridgehead atoms. The molecule has 0 aliphatic carbocycles. The quantitative estimate of drug-likeness (QED) is 0.828. The summed E-state index contributed by atoms with van der Waals surface area (Å²) in [5, 5.41) is 8.89. The molecule has 1 aromatic rings. The van der Waals surface area contributed by atoms with E-state index in [1.807, 2.05) is 0 Å². The highest BCUT2D eigenvalue weighted by Crippen LogP contribution is 2.34. The van der Waals surface area contributed by atoms with Crippen LogP contribution in [0.5, 0.6) is 0 Å². The Balaban J connectivity index is 3.27. The average Bonchev–Trinajstić information content (AvgIpc) is 2.27. The summed E-state index contributed by atoms with van der Waals surface area (Å²) in [7, 11) is 0. The summed E-state index contributed by atoms with van der Waals surface area (Å²) in [4.78, 5) is 23.2. The molecular formula is C11H10ClF2NO3. The van der Waals surface area contributed by atoms with Crippen LogP contribution in [0.3, 0.4) is 0 Å². The maximum atomic E-state index is 13.7. The zero-order valence-corrected chi connectivity index (χ0v) is 10.0. The van der Waals surface area contributed by atoms with E-state index in [1.165, 1.54) is 23.0 Å². The van der Waals surface area contributed by atoms with Gasteiger partial charge < -0.3 is 5.11 Å². The molecule has 1 rings (SSSR count). The fraction of sp³-hybridized carbons (Fsp3) is 0.273. The van der Waals surface area contributed by atoms with E-state index in [4.69, 9.17) is 16.9 Å². The minimum absolute atomic E-state index is 0.159. The normalized spacial score (nSPS) is 12.9. The van der Waals surface area contributed by atoms with E-state index in [0.29, 0.717) is 5.56 Å². The Morgan fingerprint density at radius 3 is 2.50 bits per heavy atom. The number of halogens is 3. The first-order valence-corrected chi connectivity index (χ1v) is 5.26. The minimum Gasteiger partial charge on any atom is -0.481 e. The molecular weight excluding hydrogens is 268 g/mol. The number of carbonyl (C=O) groups excluding carboxylic acids is 1. The van der Waals surface area contributed by atoms with E-state index in [-0.39, 0.29) is 5.56 Å². The molecule has 1 atom stereocenters. The first-order chi connectivity index (χ1) is 8.30. The third kappa shape index (κ3) is 2.76. The number of alkyl halides is 2. The van der Waals surface area contributed by atoms with Gasteiger partial charge in [0.2, 0.25) is 0 Å². The Hall–Kier alpha value is -1.69. The second kappa shape index (κ2) is 5.30.